The molecule has 186 valence electrons. The Bertz CT molecular complexity index is 1310. The third kappa shape index (κ3) is 5.97. The van der Waals surface area contributed by atoms with Crippen LogP contribution in [0.2, 0.25) is 5.02 Å². The number of anilines is 1. The van der Waals surface area contributed by atoms with Crippen LogP contribution in [0, 0.1) is 20.8 Å². The number of ether oxygens (including phenoxy) is 1. The minimum Gasteiger partial charge on any atom is -0.496 e. The minimum atomic E-state index is -4.03. The Morgan fingerprint density at radius 1 is 1.06 bits per heavy atom. The second-order valence-electron chi connectivity index (χ2n) is 8.47. The Labute approximate surface area is 212 Å². The first-order chi connectivity index (χ1) is 16.6. The number of methoxy groups -OCH3 is 1. The van der Waals surface area contributed by atoms with Crippen molar-refractivity contribution in [3.8, 4) is 5.75 Å². The molecule has 0 aliphatic heterocycles. The number of benzene rings is 3. The van der Waals surface area contributed by atoms with E-state index in [4.69, 9.17) is 16.3 Å². The molecule has 0 aromatic heterocycles. The van der Waals surface area contributed by atoms with E-state index in [2.05, 4.69) is 5.32 Å². The van der Waals surface area contributed by atoms with E-state index in [9.17, 15) is 13.2 Å². The first-order valence-electron chi connectivity index (χ1n) is 11.4. The van der Waals surface area contributed by atoms with Crippen molar-refractivity contribution in [3.05, 3.63) is 87.9 Å². The molecule has 0 spiro atoms. The molecule has 6 nitrogen and oxygen atoms in total. The van der Waals surface area contributed by atoms with Gasteiger partial charge in [-0.05, 0) is 74.2 Å². The Hall–Kier alpha value is -3.03. The molecule has 1 unspecified atom stereocenters. The summed E-state index contributed by atoms with van der Waals surface area (Å²) >= 11 is 6.31. The van der Waals surface area contributed by atoms with Crippen LogP contribution in [0.3, 0.4) is 0 Å². The highest BCUT2D eigenvalue weighted by molar-refractivity contribution is 7.92. The zero-order valence-corrected chi connectivity index (χ0v) is 22.2. The summed E-state index contributed by atoms with van der Waals surface area (Å²) in [5.74, 6) is 0.349. The first-order valence-corrected chi connectivity index (χ1v) is 13.2. The van der Waals surface area contributed by atoms with Gasteiger partial charge in [0.05, 0.1) is 23.7 Å². The summed E-state index contributed by atoms with van der Waals surface area (Å²) in [5.41, 5.74) is 3.76. The summed E-state index contributed by atoms with van der Waals surface area (Å²) < 4.78 is 33.8. The highest BCUT2D eigenvalue weighted by atomic mass is 35.5. The van der Waals surface area contributed by atoms with Crippen LogP contribution >= 0.6 is 11.6 Å². The van der Waals surface area contributed by atoms with Crippen LogP contribution in [0.1, 0.15) is 41.6 Å². The number of carbonyl (C=O) groups is 1. The van der Waals surface area contributed by atoms with Crippen LogP contribution in [0.15, 0.2) is 65.6 Å². The Kier molecular flexibility index (Phi) is 8.46. The molecular weight excluding hydrogens is 484 g/mol. The number of hydrogen-bond donors (Lipinski definition) is 1. The fourth-order valence-corrected chi connectivity index (χ4v) is 5.56. The average Bonchev–Trinajstić information content (AvgIpc) is 2.83. The van der Waals surface area contributed by atoms with Gasteiger partial charge >= 0.3 is 0 Å². The largest absolute Gasteiger partial charge is 0.496 e. The number of amides is 1. The van der Waals surface area contributed by atoms with E-state index in [0.717, 1.165) is 26.7 Å². The van der Waals surface area contributed by atoms with Gasteiger partial charge in [0.1, 0.15) is 12.3 Å². The summed E-state index contributed by atoms with van der Waals surface area (Å²) in [7, 11) is -2.42. The SMILES string of the molecule is CCC(NC(=O)CN(c1cccc(Cl)c1C)S(=O)(=O)c1ccc(C)cc1)c1ccc(OC)c(C)c1. The Balaban J connectivity index is 1.95. The number of rotatable bonds is 9. The van der Waals surface area contributed by atoms with Crippen LogP contribution in [-0.4, -0.2) is 28.0 Å². The number of nitrogens with zero attached hydrogens (tertiary/aromatic N) is 1. The summed E-state index contributed by atoms with van der Waals surface area (Å²) in [5, 5.41) is 3.42. The monoisotopic (exact) mass is 514 g/mol. The lowest BCUT2D eigenvalue weighted by molar-refractivity contribution is -0.120. The topological polar surface area (TPSA) is 75.7 Å². The predicted octanol–water partition coefficient (Wildman–Crippen LogP) is 5.74. The molecule has 3 rings (SSSR count). The van der Waals surface area contributed by atoms with Crippen molar-refractivity contribution in [1.29, 1.82) is 0 Å². The lowest BCUT2D eigenvalue weighted by Gasteiger charge is -2.27. The molecule has 0 saturated heterocycles. The highest BCUT2D eigenvalue weighted by Crippen LogP contribution is 2.31. The molecule has 3 aromatic carbocycles. The molecule has 0 radical (unpaired) electrons. The summed E-state index contributed by atoms with van der Waals surface area (Å²) in [6.07, 6.45) is 0.637. The van der Waals surface area contributed by atoms with Crippen LogP contribution < -0.4 is 14.4 Å². The lowest BCUT2D eigenvalue weighted by atomic mass is 10.0. The van der Waals surface area contributed by atoms with Crippen molar-refractivity contribution in [2.75, 3.05) is 18.0 Å². The lowest BCUT2D eigenvalue weighted by Crippen LogP contribution is -2.42. The van der Waals surface area contributed by atoms with Gasteiger partial charge in [0.25, 0.3) is 10.0 Å². The second kappa shape index (κ2) is 11.1. The number of nitrogens with one attached hydrogen (secondary N) is 1. The van der Waals surface area contributed by atoms with E-state index in [1.807, 2.05) is 39.0 Å². The van der Waals surface area contributed by atoms with Crippen LogP contribution in [0.4, 0.5) is 5.69 Å². The molecule has 0 saturated carbocycles. The summed E-state index contributed by atoms with van der Waals surface area (Å²) in [6.45, 7) is 7.14. The van der Waals surface area contributed by atoms with Crippen LogP contribution in [-0.2, 0) is 14.8 Å². The maximum atomic E-state index is 13.7. The minimum absolute atomic E-state index is 0.105. The van der Waals surface area contributed by atoms with Gasteiger partial charge in [0.15, 0.2) is 0 Å². The molecule has 35 heavy (non-hydrogen) atoms. The maximum absolute atomic E-state index is 13.7. The molecule has 3 aromatic rings. The van der Waals surface area contributed by atoms with E-state index < -0.39 is 15.9 Å². The van der Waals surface area contributed by atoms with Gasteiger partial charge in [-0.2, -0.15) is 0 Å². The van der Waals surface area contributed by atoms with Crippen molar-refractivity contribution < 1.29 is 17.9 Å². The third-order valence-electron chi connectivity index (χ3n) is 5.97. The number of hydrogen-bond acceptors (Lipinski definition) is 4. The maximum Gasteiger partial charge on any atom is 0.264 e. The number of halogens is 1. The molecular formula is C27H31ClN2O4S. The zero-order chi connectivity index (χ0) is 25.8. The molecule has 0 heterocycles. The third-order valence-corrected chi connectivity index (χ3v) is 8.15. The zero-order valence-electron chi connectivity index (χ0n) is 20.6. The molecule has 1 N–H and O–H groups in total. The van der Waals surface area contributed by atoms with Crippen molar-refractivity contribution >= 4 is 33.2 Å². The van der Waals surface area contributed by atoms with Gasteiger partial charge in [0, 0.05) is 5.02 Å². The first kappa shape index (κ1) is 26.6. The van der Waals surface area contributed by atoms with Crippen LogP contribution in [0.5, 0.6) is 5.75 Å². The molecule has 1 amide bonds. The van der Waals surface area contributed by atoms with Crippen molar-refractivity contribution in [2.45, 2.75) is 45.1 Å². The molecule has 1 atom stereocenters. The predicted molar refractivity (Wildman–Crippen MR) is 141 cm³/mol. The Morgan fingerprint density at radius 3 is 2.34 bits per heavy atom. The standard InChI is InChI=1S/C27H31ClN2O4S/c1-6-24(21-12-15-26(34-5)19(3)16-21)29-27(31)17-30(25-9-7-8-23(28)20(25)4)35(32,33)22-13-10-18(2)11-14-22/h7-16,24H,6,17H2,1-5H3,(H,29,31). The van der Waals surface area contributed by atoms with E-state index in [-0.39, 0.29) is 17.5 Å². The van der Waals surface area contributed by atoms with Gasteiger partial charge in [-0.25, -0.2) is 8.42 Å². The van der Waals surface area contributed by atoms with Crippen LogP contribution in [0.25, 0.3) is 0 Å². The molecule has 0 aliphatic carbocycles. The van der Waals surface area contributed by atoms with Gasteiger partial charge in [-0.1, -0.05) is 54.4 Å². The van der Waals surface area contributed by atoms with E-state index in [1.54, 1.807) is 56.5 Å². The molecule has 0 fully saturated rings. The molecule has 0 bridgehead atoms. The normalized spacial score (nSPS) is 12.2. The van der Waals surface area contributed by atoms with Gasteiger partial charge in [-0.15, -0.1) is 0 Å². The fraction of sp³-hybridized carbons (Fsp3) is 0.296. The number of carbonyl (C=O) groups excluding carboxylic acids is 1. The number of sulfonamides is 1. The van der Waals surface area contributed by atoms with Crippen molar-refractivity contribution in [1.82, 2.24) is 5.32 Å². The van der Waals surface area contributed by atoms with Gasteiger partial charge in [0.2, 0.25) is 5.91 Å². The highest BCUT2D eigenvalue weighted by Gasteiger charge is 2.29. The number of aryl methyl sites for hydroxylation is 2. The summed E-state index contributed by atoms with van der Waals surface area (Å²) in [6, 6.07) is 17.0. The second-order valence-corrected chi connectivity index (χ2v) is 10.7. The van der Waals surface area contributed by atoms with E-state index in [1.165, 1.54) is 0 Å². The molecule has 0 aliphatic rings. The van der Waals surface area contributed by atoms with Crippen molar-refractivity contribution in [2.24, 2.45) is 0 Å². The summed E-state index contributed by atoms with van der Waals surface area (Å²) in [4.78, 5) is 13.3. The smallest absolute Gasteiger partial charge is 0.264 e. The van der Waals surface area contributed by atoms with E-state index in [0.29, 0.717) is 22.7 Å². The van der Waals surface area contributed by atoms with Gasteiger partial charge < -0.3 is 10.1 Å². The van der Waals surface area contributed by atoms with E-state index >= 15 is 0 Å². The van der Waals surface area contributed by atoms with Crippen molar-refractivity contribution in [3.63, 3.8) is 0 Å². The fourth-order valence-electron chi connectivity index (χ4n) is 3.91. The van der Waals surface area contributed by atoms with Gasteiger partial charge in [-0.3, -0.25) is 9.10 Å². The average molecular weight is 515 g/mol. The Morgan fingerprint density at radius 2 is 1.74 bits per heavy atom. The molecule has 8 heteroatoms. The quantitative estimate of drug-likeness (QED) is 0.395.